The molecule has 26 heavy (non-hydrogen) atoms. The summed E-state index contributed by atoms with van der Waals surface area (Å²) in [6.07, 6.45) is 0. The molecule has 2 rings (SSSR count). The highest BCUT2D eigenvalue weighted by atomic mass is 32.2. The van der Waals surface area contributed by atoms with Gasteiger partial charge < -0.3 is 15.0 Å². The summed E-state index contributed by atoms with van der Waals surface area (Å²) in [6, 6.07) is 14.0. The molecule has 0 heterocycles. The van der Waals surface area contributed by atoms with Crippen LogP contribution in [0.1, 0.15) is 17.2 Å². The minimum Gasteiger partial charge on any atom is -0.497 e. The molecule has 1 unspecified atom stereocenters. The Hall–Kier alpha value is -2.60. The first kappa shape index (κ1) is 19.7. The van der Waals surface area contributed by atoms with Gasteiger partial charge in [-0.15, -0.1) is 0 Å². The zero-order chi connectivity index (χ0) is 19.3. The van der Waals surface area contributed by atoms with E-state index in [-0.39, 0.29) is 16.5 Å². The molecule has 0 saturated heterocycles. The largest absolute Gasteiger partial charge is 0.497 e. The number of sulfonamides is 1. The first-order valence-electron chi connectivity index (χ1n) is 7.87. The van der Waals surface area contributed by atoms with Gasteiger partial charge in [0.1, 0.15) is 11.8 Å². The van der Waals surface area contributed by atoms with Crippen molar-refractivity contribution in [3.8, 4) is 11.8 Å². The minimum atomic E-state index is -3.85. The van der Waals surface area contributed by atoms with Crippen LogP contribution in [0.3, 0.4) is 0 Å². The normalized spacial score (nSPS) is 12.5. The Morgan fingerprint density at radius 2 is 2.00 bits per heavy atom. The van der Waals surface area contributed by atoms with Crippen LogP contribution in [0.25, 0.3) is 0 Å². The molecule has 7 nitrogen and oxygen atoms in total. The van der Waals surface area contributed by atoms with Gasteiger partial charge in [-0.3, -0.25) is 0 Å². The molecule has 8 heteroatoms. The van der Waals surface area contributed by atoms with Crippen LogP contribution in [0.2, 0.25) is 0 Å². The van der Waals surface area contributed by atoms with E-state index in [0.29, 0.717) is 12.2 Å². The number of nitrogens with zero attached hydrogens (tertiary/aromatic N) is 2. The molecule has 2 aromatic rings. The summed E-state index contributed by atoms with van der Waals surface area (Å²) in [5, 5.41) is 17.7. The number of methoxy groups -OCH3 is 1. The fourth-order valence-corrected chi connectivity index (χ4v) is 3.14. The van der Waals surface area contributed by atoms with Crippen LogP contribution in [-0.4, -0.2) is 41.1 Å². The van der Waals surface area contributed by atoms with Crippen molar-refractivity contribution < 1.29 is 13.2 Å². The SMILES string of the molecule is COc1cccc(C(CNc2ccc(S(N)(=O)=O)cc2C#N)N(C)C)c1. The lowest BCUT2D eigenvalue weighted by Crippen LogP contribution is -2.27. The van der Waals surface area contributed by atoms with E-state index in [9.17, 15) is 13.7 Å². The minimum absolute atomic E-state index is 0.0227. The number of rotatable bonds is 7. The van der Waals surface area contributed by atoms with Gasteiger partial charge in [-0.25, -0.2) is 13.6 Å². The molecule has 138 valence electrons. The molecule has 2 aromatic carbocycles. The molecule has 0 saturated carbocycles. The number of primary sulfonamides is 1. The second kappa shape index (κ2) is 8.19. The molecule has 0 radical (unpaired) electrons. The third kappa shape index (κ3) is 4.73. The van der Waals surface area contributed by atoms with Gasteiger partial charge in [0.05, 0.1) is 29.3 Å². The van der Waals surface area contributed by atoms with Gasteiger partial charge in [-0.05, 0) is 50.0 Å². The van der Waals surface area contributed by atoms with Gasteiger partial charge >= 0.3 is 0 Å². The number of ether oxygens (including phenoxy) is 1. The molecule has 0 spiro atoms. The maximum Gasteiger partial charge on any atom is 0.238 e. The molecule has 0 aliphatic carbocycles. The summed E-state index contributed by atoms with van der Waals surface area (Å²) in [6.45, 7) is 0.517. The number of likely N-dealkylation sites (N-methyl/N-ethyl adjacent to an activating group) is 1. The molecule has 0 bridgehead atoms. The van der Waals surface area contributed by atoms with Crippen LogP contribution in [-0.2, 0) is 10.0 Å². The summed E-state index contributed by atoms with van der Waals surface area (Å²) in [5.41, 5.74) is 1.83. The quantitative estimate of drug-likeness (QED) is 0.766. The molecule has 0 fully saturated rings. The van der Waals surface area contributed by atoms with E-state index in [4.69, 9.17) is 9.88 Å². The van der Waals surface area contributed by atoms with Crippen LogP contribution >= 0.6 is 0 Å². The number of nitriles is 1. The van der Waals surface area contributed by atoms with Crippen LogP contribution in [0, 0.1) is 11.3 Å². The van der Waals surface area contributed by atoms with Crippen molar-refractivity contribution in [2.24, 2.45) is 5.14 Å². The van der Waals surface area contributed by atoms with Gasteiger partial charge in [-0.2, -0.15) is 5.26 Å². The summed E-state index contributed by atoms with van der Waals surface area (Å²) in [4.78, 5) is 1.96. The predicted molar refractivity (Wildman–Crippen MR) is 100 cm³/mol. The fraction of sp³-hybridized carbons (Fsp3) is 0.278. The van der Waals surface area contributed by atoms with Crippen molar-refractivity contribution in [1.82, 2.24) is 4.90 Å². The topological polar surface area (TPSA) is 108 Å². The second-order valence-electron chi connectivity index (χ2n) is 6.00. The lowest BCUT2D eigenvalue weighted by molar-refractivity contribution is 0.310. The first-order valence-corrected chi connectivity index (χ1v) is 9.42. The Kier molecular flexibility index (Phi) is 6.21. The van der Waals surface area contributed by atoms with Crippen molar-refractivity contribution in [3.63, 3.8) is 0 Å². The summed E-state index contributed by atoms with van der Waals surface area (Å²) >= 11 is 0. The number of hydrogen-bond acceptors (Lipinski definition) is 6. The van der Waals surface area contributed by atoms with E-state index in [1.807, 2.05) is 49.3 Å². The third-order valence-electron chi connectivity index (χ3n) is 4.03. The van der Waals surface area contributed by atoms with E-state index in [1.54, 1.807) is 13.2 Å². The lowest BCUT2D eigenvalue weighted by Gasteiger charge is -2.26. The number of anilines is 1. The van der Waals surface area contributed by atoms with Gasteiger partial charge in [-0.1, -0.05) is 12.1 Å². The Bertz CT molecular complexity index is 920. The van der Waals surface area contributed by atoms with Crippen molar-refractivity contribution in [1.29, 1.82) is 5.26 Å². The van der Waals surface area contributed by atoms with Crippen molar-refractivity contribution in [2.45, 2.75) is 10.9 Å². The molecule has 3 N–H and O–H groups in total. The molecule has 0 aliphatic heterocycles. The van der Waals surface area contributed by atoms with E-state index in [1.165, 1.54) is 12.1 Å². The van der Waals surface area contributed by atoms with Gasteiger partial charge in [0, 0.05) is 6.54 Å². The van der Waals surface area contributed by atoms with Crippen molar-refractivity contribution >= 4 is 15.7 Å². The van der Waals surface area contributed by atoms with E-state index in [0.717, 1.165) is 11.3 Å². The second-order valence-corrected chi connectivity index (χ2v) is 7.56. The third-order valence-corrected chi connectivity index (χ3v) is 4.94. The maximum absolute atomic E-state index is 11.4. The van der Waals surface area contributed by atoms with Gasteiger partial charge in [0.2, 0.25) is 10.0 Å². The molecular formula is C18H22N4O3S. The maximum atomic E-state index is 11.4. The summed E-state index contributed by atoms with van der Waals surface area (Å²) < 4.78 is 28.2. The summed E-state index contributed by atoms with van der Waals surface area (Å²) in [7, 11) is 1.69. The molecule has 1 atom stereocenters. The van der Waals surface area contributed by atoms with E-state index < -0.39 is 10.0 Å². The highest BCUT2D eigenvalue weighted by molar-refractivity contribution is 7.89. The zero-order valence-corrected chi connectivity index (χ0v) is 15.7. The highest BCUT2D eigenvalue weighted by Crippen LogP contribution is 2.25. The Morgan fingerprint density at radius 1 is 1.27 bits per heavy atom. The average molecular weight is 374 g/mol. The summed E-state index contributed by atoms with van der Waals surface area (Å²) in [5.74, 6) is 0.768. The fourth-order valence-electron chi connectivity index (χ4n) is 2.60. The van der Waals surface area contributed by atoms with Crippen LogP contribution in [0.5, 0.6) is 5.75 Å². The number of nitrogens with two attached hydrogens (primary N) is 1. The van der Waals surface area contributed by atoms with Crippen LogP contribution < -0.4 is 15.2 Å². The number of hydrogen-bond donors (Lipinski definition) is 2. The molecule has 0 aliphatic rings. The molecular weight excluding hydrogens is 352 g/mol. The Balaban J connectivity index is 2.25. The Morgan fingerprint density at radius 3 is 2.58 bits per heavy atom. The average Bonchev–Trinajstić information content (AvgIpc) is 2.61. The predicted octanol–water partition coefficient (Wildman–Crippen LogP) is 1.93. The van der Waals surface area contributed by atoms with Crippen LogP contribution in [0.15, 0.2) is 47.4 Å². The number of benzene rings is 2. The van der Waals surface area contributed by atoms with E-state index in [2.05, 4.69) is 5.32 Å². The Labute approximate surface area is 154 Å². The van der Waals surface area contributed by atoms with Crippen molar-refractivity contribution in [2.75, 3.05) is 33.1 Å². The lowest BCUT2D eigenvalue weighted by atomic mass is 10.1. The smallest absolute Gasteiger partial charge is 0.238 e. The first-order chi connectivity index (χ1) is 12.3. The number of nitrogens with one attached hydrogen (secondary N) is 1. The standard InChI is InChI=1S/C18H22N4O3S/c1-22(2)18(13-5-4-6-15(9-13)25-3)12-21-17-8-7-16(26(20,23)24)10-14(17)11-19/h4-10,18,21H,12H2,1-3H3,(H2,20,23,24). The highest BCUT2D eigenvalue weighted by Gasteiger charge is 2.16. The zero-order valence-electron chi connectivity index (χ0n) is 14.9. The van der Waals surface area contributed by atoms with Crippen molar-refractivity contribution in [3.05, 3.63) is 53.6 Å². The molecule has 0 amide bonds. The molecule has 0 aromatic heterocycles. The van der Waals surface area contributed by atoms with E-state index >= 15 is 0 Å². The van der Waals surface area contributed by atoms with Gasteiger partial charge in [0.15, 0.2) is 0 Å². The van der Waals surface area contributed by atoms with Crippen LogP contribution in [0.4, 0.5) is 5.69 Å². The monoisotopic (exact) mass is 374 g/mol. The van der Waals surface area contributed by atoms with Gasteiger partial charge in [0.25, 0.3) is 0 Å².